The zero-order chi connectivity index (χ0) is 30.1. The summed E-state index contributed by atoms with van der Waals surface area (Å²) in [6, 6.07) is 26.6. The van der Waals surface area contributed by atoms with Gasteiger partial charge in [-0.2, -0.15) is 0 Å². The molecule has 1 saturated heterocycles. The van der Waals surface area contributed by atoms with E-state index in [9.17, 15) is 14.4 Å². The van der Waals surface area contributed by atoms with Crippen molar-refractivity contribution in [1.82, 2.24) is 9.88 Å². The third kappa shape index (κ3) is 5.89. The second-order valence-corrected chi connectivity index (χ2v) is 11.9. The van der Waals surface area contributed by atoms with Gasteiger partial charge in [0.15, 0.2) is 0 Å². The van der Waals surface area contributed by atoms with E-state index in [0.29, 0.717) is 28.4 Å². The van der Waals surface area contributed by atoms with Gasteiger partial charge in [-0.1, -0.05) is 29.8 Å². The summed E-state index contributed by atoms with van der Waals surface area (Å²) in [5.41, 5.74) is 4.80. The molecule has 1 atom stereocenters. The molecular formula is C34H28ClN3O4S. The summed E-state index contributed by atoms with van der Waals surface area (Å²) in [4.78, 5) is 48.3. The first-order valence-electron chi connectivity index (χ1n) is 13.8. The Balaban J connectivity index is 1.26. The summed E-state index contributed by atoms with van der Waals surface area (Å²) in [5.74, 6) is -0.501. The molecule has 5 aromatic rings. The number of halogens is 1. The third-order valence-corrected chi connectivity index (χ3v) is 8.85. The molecule has 3 amide bonds. The molecule has 1 aliphatic heterocycles. The number of methoxy groups -OCH3 is 1. The number of fused-ring (bicyclic) bond motifs is 1. The Morgan fingerprint density at radius 2 is 1.79 bits per heavy atom. The number of carbonyl (C=O) groups is 3. The van der Waals surface area contributed by atoms with Crippen molar-refractivity contribution in [3.05, 3.63) is 113 Å². The van der Waals surface area contributed by atoms with E-state index in [0.717, 1.165) is 26.4 Å². The van der Waals surface area contributed by atoms with Crippen molar-refractivity contribution in [2.24, 2.45) is 0 Å². The van der Waals surface area contributed by atoms with Crippen molar-refractivity contribution in [3.8, 4) is 16.3 Å². The molecule has 6 rings (SSSR count). The van der Waals surface area contributed by atoms with E-state index in [1.54, 1.807) is 60.9 Å². The molecule has 1 aliphatic rings. The Morgan fingerprint density at radius 3 is 2.51 bits per heavy atom. The van der Waals surface area contributed by atoms with E-state index < -0.39 is 11.9 Å². The van der Waals surface area contributed by atoms with Gasteiger partial charge >= 0.3 is 0 Å². The van der Waals surface area contributed by atoms with Gasteiger partial charge in [0.05, 0.1) is 29.4 Å². The number of aromatic nitrogens is 1. The highest BCUT2D eigenvalue weighted by Gasteiger charge is 2.44. The van der Waals surface area contributed by atoms with Gasteiger partial charge in [-0.15, -0.1) is 11.3 Å². The molecule has 0 N–H and O–H groups in total. The number of amides is 3. The molecule has 4 aromatic carbocycles. The number of hydrogen-bond donors (Lipinski definition) is 0. The number of hydrogen-bond acceptors (Lipinski definition) is 6. The summed E-state index contributed by atoms with van der Waals surface area (Å²) in [5, 5.41) is 1.45. The quantitative estimate of drug-likeness (QED) is 0.178. The fourth-order valence-corrected chi connectivity index (χ4v) is 6.56. The van der Waals surface area contributed by atoms with Crippen molar-refractivity contribution >= 4 is 56.6 Å². The van der Waals surface area contributed by atoms with Crippen LogP contribution >= 0.6 is 22.9 Å². The highest BCUT2D eigenvalue weighted by molar-refractivity contribution is 7.21. The standard InChI is InChI=1S/C34H28ClN3O4S/c1-21-6-15-28-30(18-21)43-32(36-28)23-7-11-26(12-8-23)38-31(39)20-29(34(38)41)37(17-16-22-4-3-5-25(35)19-22)33(40)24-9-13-27(42-2)14-10-24/h3-15,18-19,29H,16-17,20H2,1-2H3. The van der Waals surface area contributed by atoms with Crippen molar-refractivity contribution < 1.29 is 19.1 Å². The molecule has 0 aliphatic carbocycles. The molecule has 9 heteroatoms. The number of ether oxygens (including phenoxy) is 1. The summed E-state index contributed by atoms with van der Waals surface area (Å²) in [6.45, 7) is 2.28. The van der Waals surface area contributed by atoms with Crippen LogP contribution in [0.25, 0.3) is 20.8 Å². The third-order valence-electron chi connectivity index (χ3n) is 7.54. The molecule has 0 radical (unpaired) electrons. The second-order valence-electron chi connectivity index (χ2n) is 10.4. The van der Waals surface area contributed by atoms with Gasteiger partial charge in [0.1, 0.15) is 16.8 Å². The van der Waals surface area contributed by atoms with E-state index in [1.807, 2.05) is 49.4 Å². The first-order valence-corrected chi connectivity index (χ1v) is 15.0. The maximum absolute atomic E-state index is 13.8. The van der Waals surface area contributed by atoms with Gasteiger partial charge in [0.25, 0.3) is 11.8 Å². The van der Waals surface area contributed by atoms with Crippen LogP contribution in [0.1, 0.15) is 27.9 Å². The monoisotopic (exact) mass is 609 g/mol. The molecule has 7 nitrogen and oxygen atoms in total. The minimum atomic E-state index is -0.937. The molecule has 43 heavy (non-hydrogen) atoms. The number of aryl methyl sites for hydroxylation is 1. The van der Waals surface area contributed by atoms with Crippen LogP contribution in [0, 0.1) is 6.92 Å². The molecule has 1 aromatic heterocycles. The van der Waals surface area contributed by atoms with Crippen molar-refractivity contribution in [2.45, 2.75) is 25.8 Å². The lowest BCUT2D eigenvalue weighted by Crippen LogP contribution is -2.46. The van der Waals surface area contributed by atoms with Crippen LogP contribution in [0.15, 0.2) is 91.0 Å². The Morgan fingerprint density at radius 1 is 1.02 bits per heavy atom. The molecule has 1 unspecified atom stereocenters. The molecule has 0 bridgehead atoms. The van der Waals surface area contributed by atoms with Crippen molar-refractivity contribution in [1.29, 1.82) is 0 Å². The second kappa shape index (κ2) is 12.0. The van der Waals surface area contributed by atoms with E-state index in [1.165, 1.54) is 15.4 Å². The summed E-state index contributed by atoms with van der Waals surface area (Å²) in [7, 11) is 1.55. The van der Waals surface area contributed by atoms with Crippen molar-refractivity contribution in [2.75, 3.05) is 18.6 Å². The van der Waals surface area contributed by atoms with Crippen LogP contribution in [0.5, 0.6) is 5.75 Å². The predicted molar refractivity (Wildman–Crippen MR) is 170 cm³/mol. The highest BCUT2D eigenvalue weighted by atomic mass is 35.5. The van der Waals surface area contributed by atoms with Gasteiger partial charge in [-0.05, 0) is 97.3 Å². The Hall–Kier alpha value is -4.53. The highest BCUT2D eigenvalue weighted by Crippen LogP contribution is 2.33. The minimum Gasteiger partial charge on any atom is -0.497 e. The number of nitrogens with zero attached hydrogens (tertiary/aromatic N) is 3. The summed E-state index contributed by atoms with van der Waals surface area (Å²) >= 11 is 7.78. The minimum absolute atomic E-state index is 0.102. The average Bonchev–Trinajstić information content (AvgIpc) is 3.57. The van der Waals surface area contributed by atoms with Crippen LogP contribution in [-0.2, 0) is 16.0 Å². The van der Waals surface area contributed by atoms with Crippen LogP contribution in [0.4, 0.5) is 5.69 Å². The fourth-order valence-electron chi connectivity index (χ4n) is 5.28. The molecular weight excluding hydrogens is 582 g/mol. The molecule has 216 valence electrons. The topological polar surface area (TPSA) is 79.8 Å². The summed E-state index contributed by atoms with van der Waals surface area (Å²) in [6.07, 6.45) is 0.367. The predicted octanol–water partition coefficient (Wildman–Crippen LogP) is 6.95. The smallest absolute Gasteiger partial charge is 0.257 e. The first kappa shape index (κ1) is 28.6. The van der Waals surface area contributed by atoms with E-state index in [4.69, 9.17) is 21.3 Å². The molecule has 0 saturated carbocycles. The zero-order valence-electron chi connectivity index (χ0n) is 23.6. The van der Waals surface area contributed by atoms with Crippen LogP contribution < -0.4 is 9.64 Å². The molecule has 2 heterocycles. The Kier molecular flexibility index (Phi) is 7.97. The van der Waals surface area contributed by atoms with Gasteiger partial charge in [0, 0.05) is 22.7 Å². The molecule has 1 fully saturated rings. The largest absolute Gasteiger partial charge is 0.497 e. The number of rotatable bonds is 8. The van der Waals surface area contributed by atoms with Gasteiger partial charge < -0.3 is 9.64 Å². The number of carbonyl (C=O) groups excluding carboxylic acids is 3. The fraction of sp³-hybridized carbons (Fsp3) is 0.176. The maximum Gasteiger partial charge on any atom is 0.257 e. The maximum atomic E-state index is 13.8. The number of imide groups is 1. The molecule has 0 spiro atoms. The van der Waals surface area contributed by atoms with Crippen LogP contribution in [0.2, 0.25) is 5.02 Å². The van der Waals surface area contributed by atoms with Gasteiger partial charge in [0.2, 0.25) is 5.91 Å². The first-order chi connectivity index (χ1) is 20.8. The van der Waals surface area contributed by atoms with E-state index in [2.05, 4.69) is 6.07 Å². The van der Waals surface area contributed by atoms with Gasteiger partial charge in [-0.3, -0.25) is 14.4 Å². The Labute approximate surface area is 258 Å². The Bertz CT molecular complexity index is 1840. The van der Waals surface area contributed by atoms with E-state index >= 15 is 0 Å². The van der Waals surface area contributed by atoms with Crippen LogP contribution in [-0.4, -0.2) is 47.3 Å². The normalized spacial score (nSPS) is 14.9. The lowest BCUT2D eigenvalue weighted by molar-refractivity contribution is -0.122. The summed E-state index contributed by atoms with van der Waals surface area (Å²) < 4.78 is 6.33. The number of anilines is 1. The lowest BCUT2D eigenvalue weighted by atomic mass is 10.1. The van der Waals surface area contributed by atoms with Crippen LogP contribution in [0.3, 0.4) is 0 Å². The zero-order valence-corrected chi connectivity index (χ0v) is 25.2. The lowest BCUT2D eigenvalue weighted by Gasteiger charge is -2.28. The number of benzene rings is 4. The van der Waals surface area contributed by atoms with Crippen molar-refractivity contribution in [3.63, 3.8) is 0 Å². The van der Waals surface area contributed by atoms with E-state index in [-0.39, 0.29) is 24.8 Å². The SMILES string of the molecule is COc1ccc(C(=O)N(CCc2cccc(Cl)c2)C2CC(=O)N(c3ccc(-c4nc5ccc(C)cc5s4)cc3)C2=O)cc1. The van der Waals surface area contributed by atoms with Gasteiger partial charge in [-0.25, -0.2) is 9.88 Å². The average molecular weight is 610 g/mol. The number of thiazole rings is 1.